The van der Waals surface area contributed by atoms with Gasteiger partial charge in [0.25, 0.3) is 0 Å². The smallest absolute Gasteiger partial charge is 0.231 e. The molecule has 1 N–H and O–H groups in total. The molecule has 1 amide bonds. The number of aromatic nitrogens is 1. The van der Waals surface area contributed by atoms with Crippen molar-refractivity contribution in [1.29, 1.82) is 0 Å². The van der Waals surface area contributed by atoms with Crippen LogP contribution in [0.15, 0.2) is 18.2 Å². The third-order valence-corrected chi connectivity index (χ3v) is 4.30. The number of nitrogens with one attached hydrogen (secondary N) is 1. The van der Waals surface area contributed by atoms with Gasteiger partial charge in [0.05, 0.1) is 24.3 Å². The number of hydrogen-bond acceptors (Lipinski definition) is 5. The normalized spacial score (nSPS) is 18.9. The molecule has 1 aromatic carbocycles. The van der Waals surface area contributed by atoms with E-state index in [0.29, 0.717) is 11.7 Å². The first-order valence-corrected chi connectivity index (χ1v) is 7.41. The molecule has 0 aliphatic carbocycles. The predicted octanol–water partition coefficient (Wildman–Crippen LogP) is 2.67. The van der Waals surface area contributed by atoms with Gasteiger partial charge < -0.3 is 14.8 Å². The Morgan fingerprint density at radius 1 is 1.55 bits per heavy atom. The Bertz CT molecular complexity index is 620. The number of rotatable bonds is 3. The standard InChI is InChI=1S/C14H16N2O3S/c1-18-10-5-2-6-11-12(10)15-14(20-11)16-13(17)9-4-3-7-19-8-9/h2,5-6,9H,3-4,7-8H2,1H3,(H,15,16,17). The number of methoxy groups -OCH3 is 1. The molecule has 2 heterocycles. The lowest BCUT2D eigenvalue weighted by atomic mass is 10.0. The van der Waals surface area contributed by atoms with Crippen LogP contribution in [0.3, 0.4) is 0 Å². The molecule has 0 spiro atoms. The summed E-state index contributed by atoms with van der Waals surface area (Å²) in [6, 6.07) is 5.75. The minimum absolute atomic E-state index is 0.0114. The van der Waals surface area contributed by atoms with Gasteiger partial charge in [0.15, 0.2) is 5.13 Å². The van der Waals surface area contributed by atoms with Crippen LogP contribution in [0, 0.1) is 5.92 Å². The lowest BCUT2D eigenvalue weighted by Gasteiger charge is -2.20. The Kier molecular flexibility index (Phi) is 3.84. The van der Waals surface area contributed by atoms with Crippen molar-refractivity contribution in [2.75, 3.05) is 25.6 Å². The SMILES string of the molecule is COc1cccc2sc(NC(=O)C3CCCOC3)nc12. The van der Waals surface area contributed by atoms with Gasteiger partial charge >= 0.3 is 0 Å². The van der Waals surface area contributed by atoms with E-state index >= 15 is 0 Å². The number of anilines is 1. The summed E-state index contributed by atoms with van der Waals surface area (Å²) in [6.45, 7) is 1.25. The monoisotopic (exact) mass is 292 g/mol. The van der Waals surface area contributed by atoms with Gasteiger partial charge in [0.1, 0.15) is 11.3 Å². The molecule has 3 rings (SSSR count). The number of nitrogens with zero attached hydrogens (tertiary/aromatic N) is 1. The first-order valence-electron chi connectivity index (χ1n) is 6.60. The molecule has 1 fully saturated rings. The van der Waals surface area contributed by atoms with E-state index < -0.39 is 0 Å². The first-order chi connectivity index (χ1) is 9.78. The zero-order valence-electron chi connectivity index (χ0n) is 11.2. The van der Waals surface area contributed by atoms with Crippen molar-refractivity contribution in [2.24, 2.45) is 5.92 Å². The van der Waals surface area contributed by atoms with Crippen LogP contribution in [0.2, 0.25) is 0 Å². The molecule has 0 saturated carbocycles. The molecular weight excluding hydrogens is 276 g/mol. The number of ether oxygens (including phenoxy) is 2. The predicted molar refractivity (Wildman–Crippen MR) is 78.3 cm³/mol. The van der Waals surface area contributed by atoms with Crippen LogP contribution in [0.25, 0.3) is 10.2 Å². The number of carbonyl (C=O) groups excluding carboxylic acids is 1. The van der Waals surface area contributed by atoms with Gasteiger partial charge in [-0.15, -0.1) is 0 Å². The first kappa shape index (κ1) is 13.3. The minimum Gasteiger partial charge on any atom is -0.494 e. The molecule has 5 nitrogen and oxygen atoms in total. The molecule has 1 aromatic heterocycles. The molecule has 1 atom stereocenters. The summed E-state index contributed by atoms with van der Waals surface area (Å²) in [4.78, 5) is 16.6. The van der Waals surface area contributed by atoms with Gasteiger partial charge in [-0.2, -0.15) is 0 Å². The van der Waals surface area contributed by atoms with Crippen LogP contribution in [-0.4, -0.2) is 31.2 Å². The van der Waals surface area contributed by atoms with E-state index in [1.807, 2.05) is 18.2 Å². The average molecular weight is 292 g/mol. The number of amides is 1. The van der Waals surface area contributed by atoms with Gasteiger partial charge in [-0.05, 0) is 25.0 Å². The fourth-order valence-corrected chi connectivity index (χ4v) is 3.18. The van der Waals surface area contributed by atoms with Crippen LogP contribution in [0.4, 0.5) is 5.13 Å². The lowest BCUT2D eigenvalue weighted by Crippen LogP contribution is -2.30. The third kappa shape index (κ3) is 2.62. The van der Waals surface area contributed by atoms with Crippen molar-refractivity contribution in [2.45, 2.75) is 12.8 Å². The fraction of sp³-hybridized carbons (Fsp3) is 0.429. The van der Waals surface area contributed by atoms with E-state index in [-0.39, 0.29) is 11.8 Å². The fourth-order valence-electron chi connectivity index (χ4n) is 2.30. The summed E-state index contributed by atoms with van der Waals surface area (Å²) in [5, 5.41) is 3.50. The molecule has 106 valence electrons. The summed E-state index contributed by atoms with van der Waals surface area (Å²) >= 11 is 1.46. The zero-order valence-corrected chi connectivity index (χ0v) is 12.0. The van der Waals surface area contributed by atoms with E-state index in [1.165, 1.54) is 11.3 Å². The van der Waals surface area contributed by atoms with E-state index in [9.17, 15) is 4.79 Å². The minimum atomic E-state index is -0.0716. The molecule has 20 heavy (non-hydrogen) atoms. The van der Waals surface area contributed by atoms with Gasteiger partial charge in [-0.1, -0.05) is 17.4 Å². The van der Waals surface area contributed by atoms with Crippen molar-refractivity contribution >= 4 is 32.6 Å². The quantitative estimate of drug-likeness (QED) is 0.945. The van der Waals surface area contributed by atoms with Crippen LogP contribution >= 0.6 is 11.3 Å². The maximum absolute atomic E-state index is 12.1. The number of thiazole rings is 1. The van der Waals surface area contributed by atoms with Gasteiger partial charge in [0, 0.05) is 6.61 Å². The molecule has 1 unspecified atom stereocenters. The second-order valence-corrected chi connectivity index (χ2v) is 5.76. The van der Waals surface area contributed by atoms with E-state index in [0.717, 1.165) is 35.4 Å². The van der Waals surface area contributed by atoms with Crippen LogP contribution in [0.1, 0.15) is 12.8 Å². The highest BCUT2D eigenvalue weighted by Crippen LogP contribution is 2.32. The van der Waals surface area contributed by atoms with E-state index in [4.69, 9.17) is 9.47 Å². The second kappa shape index (κ2) is 5.76. The Balaban J connectivity index is 1.78. The number of fused-ring (bicyclic) bond motifs is 1. The zero-order chi connectivity index (χ0) is 13.9. The highest BCUT2D eigenvalue weighted by molar-refractivity contribution is 7.22. The maximum Gasteiger partial charge on any atom is 0.231 e. The molecule has 0 bridgehead atoms. The van der Waals surface area contributed by atoms with Crippen molar-refractivity contribution < 1.29 is 14.3 Å². The number of hydrogen-bond donors (Lipinski definition) is 1. The largest absolute Gasteiger partial charge is 0.494 e. The molecule has 1 saturated heterocycles. The number of para-hydroxylation sites is 1. The van der Waals surface area contributed by atoms with Gasteiger partial charge in [0.2, 0.25) is 5.91 Å². The molecule has 6 heteroatoms. The van der Waals surface area contributed by atoms with Crippen molar-refractivity contribution in [1.82, 2.24) is 4.98 Å². The highest BCUT2D eigenvalue weighted by Gasteiger charge is 2.22. The Labute approximate surface area is 120 Å². The lowest BCUT2D eigenvalue weighted by molar-refractivity contribution is -0.123. The third-order valence-electron chi connectivity index (χ3n) is 3.36. The summed E-state index contributed by atoms with van der Waals surface area (Å²) in [5.41, 5.74) is 0.787. The van der Waals surface area contributed by atoms with E-state index in [2.05, 4.69) is 10.3 Å². The molecule has 0 radical (unpaired) electrons. The number of carbonyl (C=O) groups is 1. The van der Waals surface area contributed by atoms with Crippen molar-refractivity contribution in [3.05, 3.63) is 18.2 Å². The van der Waals surface area contributed by atoms with Crippen LogP contribution < -0.4 is 10.1 Å². The summed E-state index contributed by atoms with van der Waals surface area (Å²) in [6.07, 6.45) is 1.81. The van der Waals surface area contributed by atoms with Gasteiger partial charge in [-0.25, -0.2) is 4.98 Å². The molecule has 1 aliphatic rings. The maximum atomic E-state index is 12.1. The van der Waals surface area contributed by atoms with Crippen molar-refractivity contribution in [3.63, 3.8) is 0 Å². The molecular formula is C14H16N2O3S. The Morgan fingerprint density at radius 3 is 3.20 bits per heavy atom. The summed E-state index contributed by atoms with van der Waals surface area (Å²) in [7, 11) is 1.62. The topological polar surface area (TPSA) is 60.5 Å². The van der Waals surface area contributed by atoms with Crippen LogP contribution in [0.5, 0.6) is 5.75 Å². The molecule has 1 aliphatic heterocycles. The second-order valence-electron chi connectivity index (χ2n) is 4.73. The van der Waals surface area contributed by atoms with Crippen LogP contribution in [-0.2, 0) is 9.53 Å². The summed E-state index contributed by atoms with van der Waals surface area (Å²) in [5.74, 6) is 0.639. The van der Waals surface area contributed by atoms with Crippen molar-refractivity contribution in [3.8, 4) is 5.75 Å². The van der Waals surface area contributed by atoms with E-state index in [1.54, 1.807) is 7.11 Å². The summed E-state index contributed by atoms with van der Waals surface area (Å²) < 4.78 is 11.6. The number of benzene rings is 1. The Morgan fingerprint density at radius 2 is 2.45 bits per heavy atom. The van der Waals surface area contributed by atoms with Gasteiger partial charge in [-0.3, -0.25) is 4.79 Å². The average Bonchev–Trinajstić information content (AvgIpc) is 2.90. The Hall–Kier alpha value is -1.66. The highest BCUT2D eigenvalue weighted by atomic mass is 32.1. The molecule has 2 aromatic rings.